The fourth-order valence-electron chi connectivity index (χ4n) is 6.77. The van der Waals surface area contributed by atoms with E-state index in [9.17, 15) is 14.7 Å². The summed E-state index contributed by atoms with van der Waals surface area (Å²) in [4.78, 5) is 27.0. The van der Waals surface area contributed by atoms with E-state index < -0.39 is 6.16 Å². The van der Waals surface area contributed by atoms with Crippen molar-refractivity contribution in [3.8, 4) is 0 Å². The molecule has 7 nitrogen and oxygen atoms in total. The summed E-state index contributed by atoms with van der Waals surface area (Å²) in [6.45, 7) is 11.0. The Morgan fingerprint density at radius 3 is 1.35 bits per heavy atom. The third-order valence-corrected chi connectivity index (χ3v) is 10.1. The van der Waals surface area contributed by atoms with E-state index in [1.807, 2.05) is 0 Å². The van der Waals surface area contributed by atoms with E-state index in [-0.39, 0.29) is 18.7 Å². The smallest absolute Gasteiger partial charge is 0.466 e. The second-order valence-electron chi connectivity index (χ2n) is 15.1. The van der Waals surface area contributed by atoms with Crippen molar-refractivity contribution < 1.29 is 28.9 Å². The molecule has 0 aromatic rings. The molecule has 0 bridgehead atoms. The predicted molar refractivity (Wildman–Crippen MR) is 215 cm³/mol. The van der Waals surface area contributed by atoms with E-state index in [1.165, 1.54) is 109 Å². The number of carbonyl (C=O) groups excluding carboxylic acids is 2. The number of carbonyl (C=O) groups is 2. The van der Waals surface area contributed by atoms with Crippen LogP contribution in [0.4, 0.5) is 4.79 Å². The zero-order chi connectivity index (χ0) is 37.3. The number of nitrogens with zero attached hydrogens (tertiary/aromatic N) is 1. The lowest BCUT2D eigenvalue weighted by molar-refractivity contribution is -0.143. The molecule has 0 radical (unpaired) electrons. The zero-order valence-corrected chi connectivity index (χ0v) is 34.4. The van der Waals surface area contributed by atoms with Crippen molar-refractivity contribution >= 4 is 12.1 Å². The Balaban J connectivity index is 4.02. The molecule has 0 aliphatic rings. The van der Waals surface area contributed by atoms with Crippen molar-refractivity contribution in [3.05, 3.63) is 0 Å². The average Bonchev–Trinajstić information content (AvgIpc) is 3.13. The normalized spacial score (nSPS) is 11.5. The molecule has 304 valence electrons. The molecule has 0 spiro atoms. The van der Waals surface area contributed by atoms with Crippen LogP contribution in [0.1, 0.15) is 226 Å². The number of ether oxygens (including phenoxy) is 3. The van der Waals surface area contributed by atoms with Crippen LogP contribution < -0.4 is 0 Å². The number of hydrogen-bond acceptors (Lipinski definition) is 7. The molecule has 0 amide bonds. The molecule has 51 heavy (non-hydrogen) atoms. The second kappa shape index (κ2) is 41.4. The number of esters is 1. The minimum atomic E-state index is -0.481. The average molecular weight is 726 g/mol. The van der Waals surface area contributed by atoms with Crippen LogP contribution in [-0.2, 0) is 19.0 Å². The van der Waals surface area contributed by atoms with Gasteiger partial charge in [0.25, 0.3) is 0 Å². The molecular formula is C44H87NO6. The maximum absolute atomic E-state index is 12.5. The van der Waals surface area contributed by atoms with Crippen LogP contribution in [0.5, 0.6) is 0 Å². The van der Waals surface area contributed by atoms with Crippen molar-refractivity contribution in [1.29, 1.82) is 0 Å². The highest BCUT2D eigenvalue weighted by molar-refractivity contribution is 5.69. The maximum atomic E-state index is 12.5. The molecule has 0 saturated heterocycles. The Bertz CT molecular complexity index is 704. The molecule has 0 atom stereocenters. The summed E-state index contributed by atoms with van der Waals surface area (Å²) < 4.78 is 16.7. The molecule has 0 aliphatic carbocycles. The molecule has 0 heterocycles. The van der Waals surface area contributed by atoms with Crippen LogP contribution in [0, 0.1) is 0 Å². The molecule has 0 saturated carbocycles. The topological polar surface area (TPSA) is 85.3 Å². The van der Waals surface area contributed by atoms with Crippen LogP contribution in [0.3, 0.4) is 0 Å². The quantitative estimate of drug-likeness (QED) is 0.0496. The summed E-state index contributed by atoms with van der Waals surface area (Å²) in [6, 6.07) is 0. The number of hydrogen-bond donors (Lipinski definition) is 1. The van der Waals surface area contributed by atoms with Crippen molar-refractivity contribution in [1.82, 2.24) is 4.90 Å². The van der Waals surface area contributed by atoms with E-state index in [2.05, 4.69) is 25.7 Å². The van der Waals surface area contributed by atoms with Crippen molar-refractivity contribution in [2.75, 3.05) is 39.5 Å². The number of rotatable bonds is 41. The SMILES string of the molecule is CCCCCCCCCOC(=O)CCCCCCCN(CCCO)CCCCCCOC(=O)OC(CCCCCCCC)CCCCCCCC. The highest BCUT2D eigenvalue weighted by Gasteiger charge is 2.15. The fourth-order valence-corrected chi connectivity index (χ4v) is 6.77. The minimum absolute atomic E-state index is 0.00655. The minimum Gasteiger partial charge on any atom is -0.466 e. The molecule has 0 aromatic carbocycles. The fraction of sp³-hybridized carbons (Fsp3) is 0.955. The summed E-state index contributed by atoms with van der Waals surface area (Å²) in [6.07, 6.45) is 36.1. The first-order valence-electron chi connectivity index (χ1n) is 22.4. The van der Waals surface area contributed by atoms with Gasteiger partial charge in [0.2, 0.25) is 0 Å². The first kappa shape index (κ1) is 49.7. The standard InChI is InChI=1S/C44H87NO6/c1-4-7-10-13-16-23-30-40-49-43(47)35-27-20-17-21-28-36-45(38-32-39-46)37-29-22-24-31-41-50-44(48)51-42(33-25-18-14-11-8-5-2)34-26-19-15-12-9-6-3/h42,46H,4-41H2,1-3H3. The van der Waals surface area contributed by atoms with E-state index in [4.69, 9.17) is 14.2 Å². The molecule has 0 aromatic heterocycles. The summed E-state index contributed by atoms with van der Waals surface area (Å²) in [5, 5.41) is 9.37. The molecule has 0 fully saturated rings. The lowest BCUT2D eigenvalue weighted by Crippen LogP contribution is -2.28. The van der Waals surface area contributed by atoms with Gasteiger partial charge in [-0.15, -0.1) is 0 Å². The van der Waals surface area contributed by atoms with Gasteiger partial charge in [0.05, 0.1) is 13.2 Å². The number of unbranched alkanes of at least 4 members (excludes halogenated alkanes) is 23. The van der Waals surface area contributed by atoms with Gasteiger partial charge in [0.1, 0.15) is 6.10 Å². The van der Waals surface area contributed by atoms with Crippen LogP contribution in [0.2, 0.25) is 0 Å². The lowest BCUT2D eigenvalue weighted by atomic mass is 10.0. The van der Waals surface area contributed by atoms with Gasteiger partial charge >= 0.3 is 12.1 Å². The Labute approximate surface area is 317 Å². The zero-order valence-electron chi connectivity index (χ0n) is 34.4. The maximum Gasteiger partial charge on any atom is 0.508 e. The highest BCUT2D eigenvalue weighted by Crippen LogP contribution is 2.18. The monoisotopic (exact) mass is 726 g/mol. The number of aliphatic hydroxyl groups is 1. The Morgan fingerprint density at radius 2 is 0.863 bits per heavy atom. The van der Waals surface area contributed by atoms with Crippen molar-refractivity contribution in [2.45, 2.75) is 232 Å². The van der Waals surface area contributed by atoms with Crippen LogP contribution in [-0.4, -0.2) is 67.7 Å². The molecule has 0 aliphatic heterocycles. The summed E-state index contributed by atoms with van der Waals surface area (Å²) in [5.41, 5.74) is 0. The van der Waals surface area contributed by atoms with Gasteiger partial charge in [-0.1, -0.05) is 156 Å². The first-order valence-corrected chi connectivity index (χ1v) is 22.4. The first-order chi connectivity index (χ1) is 25.1. The third kappa shape index (κ3) is 38.2. The Hall–Kier alpha value is -1.34. The van der Waals surface area contributed by atoms with E-state index >= 15 is 0 Å². The molecule has 1 N–H and O–H groups in total. The molecule has 0 rings (SSSR count). The predicted octanol–water partition coefficient (Wildman–Crippen LogP) is 12.9. The van der Waals surface area contributed by atoms with Crippen molar-refractivity contribution in [3.63, 3.8) is 0 Å². The highest BCUT2D eigenvalue weighted by atomic mass is 16.7. The van der Waals surface area contributed by atoms with E-state index in [0.29, 0.717) is 19.6 Å². The largest absolute Gasteiger partial charge is 0.508 e. The summed E-state index contributed by atoms with van der Waals surface area (Å²) in [5.74, 6) is -0.0334. The molecule has 7 heteroatoms. The summed E-state index contributed by atoms with van der Waals surface area (Å²) >= 11 is 0. The molecular weight excluding hydrogens is 638 g/mol. The van der Waals surface area contributed by atoms with Gasteiger partial charge in [-0.05, 0) is 77.3 Å². The Morgan fingerprint density at radius 1 is 0.471 bits per heavy atom. The summed E-state index contributed by atoms with van der Waals surface area (Å²) in [7, 11) is 0. The second-order valence-corrected chi connectivity index (χ2v) is 15.1. The van der Waals surface area contributed by atoms with E-state index in [0.717, 1.165) is 110 Å². The molecule has 0 unspecified atom stereocenters. The van der Waals surface area contributed by atoms with Crippen LogP contribution >= 0.6 is 0 Å². The lowest BCUT2D eigenvalue weighted by Gasteiger charge is -2.22. The van der Waals surface area contributed by atoms with Crippen molar-refractivity contribution in [2.24, 2.45) is 0 Å². The van der Waals surface area contributed by atoms with Gasteiger partial charge in [-0.2, -0.15) is 0 Å². The van der Waals surface area contributed by atoms with Gasteiger partial charge in [-0.3, -0.25) is 4.79 Å². The number of aliphatic hydroxyl groups excluding tert-OH is 1. The Kier molecular flexibility index (Phi) is 40.3. The van der Waals surface area contributed by atoms with Crippen LogP contribution in [0.25, 0.3) is 0 Å². The van der Waals surface area contributed by atoms with Gasteiger partial charge < -0.3 is 24.2 Å². The van der Waals surface area contributed by atoms with Crippen LogP contribution in [0.15, 0.2) is 0 Å². The third-order valence-electron chi connectivity index (χ3n) is 10.1. The van der Waals surface area contributed by atoms with Gasteiger partial charge in [0, 0.05) is 19.6 Å². The van der Waals surface area contributed by atoms with Gasteiger partial charge in [-0.25, -0.2) is 4.79 Å². The van der Waals surface area contributed by atoms with E-state index in [1.54, 1.807) is 0 Å². The van der Waals surface area contributed by atoms with Gasteiger partial charge in [0.15, 0.2) is 0 Å².